The van der Waals surface area contributed by atoms with Crippen LogP contribution in [0.2, 0.25) is 0 Å². The third-order valence-corrected chi connectivity index (χ3v) is 3.80. The fourth-order valence-electron chi connectivity index (χ4n) is 2.55. The van der Waals surface area contributed by atoms with Crippen molar-refractivity contribution in [3.05, 3.63) is 35.9 Å². The topological polar surface area (TPSA) is 93.7 Å². The summed E-state index contributed by atoms with van der Waals surface area (Å²) in [5.74, 6) is -1.21. The molecule has 1 aromatic carbocycles. The Hall–Kier alpha value is -2.64. The number of rotatable bonds is 10. The fourth-order valence-corrected chi connectivity index (χ4v) is 2.55. The van der Waals surface area contributed by atoms with E-state index in [2.05, 4.69) is 10.6 Å². The van der Waals surface area contributed by atoms with Crippen molar-refractivity contribution in [2.75, 3.05) is 13.3 Å². The van der Waals surface area contributed by atoms with Crippen molar-refractivity contribution in [2.45, 2.75) is 64.6 Å². The van der Waals surface area contributed by atoms with E-state index in [1.54, 1.807) is 27.7 Å². The molecule has 1 aromatic rings. The van der Waals surface area contributed by atoms with Crippen LogP contribution in [0.25, 0.3) is 0 Å². The first-order chi connectivity index (χ1) is 13.7. The normalized spacial score (nSPS) is 13.1. The Kier molecular flexibility index (Phi) is 10.1. The van der Waals surface area contributed by atoms with Crippen molar-refractivity contribution in [3.63, 3.8) is 0 Å². The lowest BCUT2D eigenvalue weighted by molar-refractivity contribution is -0.147. The molecule has 2 amide bonds. The lowest BCUT2D eigenvalue weighted by Gasteiger charge is -2.25. The number of ether oxygens (including phenoxy) is 2. The monoisotopic (exact) mass is 410 g/mol. The zero-order valence-corrected chi connectivity index (χ0v) is 17.5. The van der Waals surface area contributed by atoms with Crippen molar-refractivity contribution < 1.29 is 28.2 Å². The molecule has 0 saturated carbocycles. The lowest BCUT2D eigenvalue weighted by Crippen LogP contribution is -2.53. The number of alkyl carbamates (subject to hydrolysis) is 1. The van der Waals surface area contributed by atoms with Gasteiger partial charge in [-0.2, -0.15) is 0 Å². The first-order valence-electron chi connectivity index (χ1n) is 9.72. The van der Waals surface area contributed by atoms with Crippen molar-refractivity contribution in [1.29, 1.82) is 0 Å². The van der Waals surface area contributed by atoms with Gasteiger partial charge in [0.15, 0.2) is 0 Å². The van der Waals surface area contributed by atoms with Gasteiger partial charge in [0.05, 0.1) is 13.3 Å². The first kappa shape index (κ1) is 24.4. The van der Waals surface area contributed by atoms with E-state index in [1.807, 2.05) is 30.3 Å². The summed E-state index contributed by atoms with van der Waals surface area (Å²) in [6, 6.07) is 7.16. The van der Waals surface area contributed by atoms with Gasteiger partial charge in [0.1, 0.15) is 17.7 Å². The fraction of sp³-hybridized carbons (Fsp3) is 0.571. The van der Waals surface area contributed by atoms with Gasteiger partial charge in [-0.05, 0) is 46.1 Å². The van der Waals surface area contributed by atoms with Crippen LogP contribution < -0.4 is 10.6 Å². The molecule has 0 aliphatic carbocycles. The second-order valence-corrected chi connectivity index (χ2v) is 7.53. The third-order valence-electron chi connectivity index (χ3n) is 3.80. The van der Waals surface area contributed by atoms with Gasteiger partial charge in [-0.3, -0.25) is 9.18 Å². The van der Waals surface area contributed by atoms with Gasteiger partial charge in [-0.15, -0.1) is 0 Å². The molecule has 0 aliphatic rings. The molecule has 0 fully saturated rings. The highest BCUT2D eigenvalue weighted by molar-refractivity contribution is 5.89. The van der Waals surface area contributed by atoms with Gasteiger partial charge < -0.3 is 20.1 Å². The highest BCUT2D eigenvalue weighted by Crippen LogP contribution is 2.10. The van der Waals surface area contributed by atoms with E-state index < -0.39 is 42.3 Å². The minimum atomic E-state index is -0.989. The van der Waals surface area contributed by atoms with Crippen LogP contribution in [0.5, 0.6) is 0 Å². The van der Waals surface area contributed by atoms with E-state index in [9.17, 15) is 18.8 Å². The van der Waals surface area contributed by atoms with Crippen molar-refractivity contribution >= 4 is 18.0 Å². The Labute approximate surface area is 171 Å². The molecule has 162 valence electrons. The molecule has 0 aliphatic heterocycles. The number of nitrogens with one attached hydrogen (secondary N) is 2. The SMILES string of the molecule is CCOC(=O)C(CCCF)NC(=O)C(Cc1ccccc1)NC(=O)OC(C)(C)C. The van der Waals surface area contributed by atoms with E-state index in [0.29, 0.717) is 0 Å². The van der Waals surface area contributed by atoms with Gasteiger partial charge >= 0.3 is 12.1 Å². The van der Waals surface area contributed by atoms with Crippen molar-refractivity contribution in [1.82, 2.24) is 10.6 Å². The number of esters is 1. The van der Waals surface area contributed by atoms with E-state index in [4.69, 9.17) is 9.47 Å². The number of benzene rings is 1. The van der Waals surface area contributed by atoms with Crippen LogP contribution in [-0.4, -0.2) is 48.9 Å². The summed E-state index contributed by atoms with van der Waals surface area (Å²) in [5, 5.41) is 5.13. The maximum Gasteiger partial charge on any atom is 0.408 e. The number of halogens is 1. The van der Waals surface area contributed by atoms with E-state index in [0.717, 1.165) is 5.56 Å². The summed E-state index contributed by atoms with van der Waals surface area (Å²) < 4.78 is 22.8. The van der Waals surface area contributed by atoms with Crippen LogP contribution >= 0.6 is 0 Å². The summed E-state index contributed by atoms with van der Waals surface area (Å²) in [6.45, 7) is 6.32. The summed E-state index contributed by atoms with van der Waals surface area (Å²) in [7, 11) is 0. The Morgan fingerprint density at radius 2 is 1.72 bits per heavy atom. The molecular weight excluding hydrogens is 379 g/mol. The molecule has 29 heavy (non-hydrogen) atoms. The smallest absolute Gasteiger partial charge is 0.408 e. The zero-order valence-electron chi connectivity index (χ0n) is 17.5. The Balaban J connectivity index is 2.94. The van der Waals surface area contributed by atoms with Crippen LogP contribution in [0.1, 0.15) is 46.1 Å². The van der Waals surface area contributed by atoms with Gasteiger partial charge in [0.25, 0.3) is 0 Å². The van der Waals surface area contributed by atoms with Crippen LogP contribution in [-0.2, 0) is 25.5 Å². The van der Waals surface area contributed by atoms with Crippen LogP contribution in [0, 0.1) is 0 Å². The number of amides is 2. The summed E-state index contributed by atoms with van der Waals surface area (Å²) in [5.41, 5.74) is 0.0899. The van der Waals surface area contributed by atoms with Crippen LogP contribution in [0.3, 0.4) is 0 Å². The number of hydrogen-bond acceptors (Lipinski definition) is 5. The number of alkyl halides is 1. The molecule has 0 saturated heterocycles. The number of carbonyl (C=O) groups is 3. The van der Waals surface area contributed by atoms with E-state index in [-0.39, 0.29) is 25.9 Å². The summed E-state index contributed by atoms with van der Waals surface area (Å²) >= 11 is 0. The zero-order chi connectivity index (χ0) is 21.9. The van der Waals surface area contributed by atoms with E-state index >= 15 is 0 Å². The van der Waals surface area contributed by atoms with Gasteiger partial charge in [0, 0.05) is 6.42 Å². The first-order valence-corrected chi connectivity index (χ1v) is 9.72. The molecule has 2 atom stereocenters. The average Bonchev–Trinajstić information content (AvgIpc) is 2.63. The standard InChI is InChI=1S/C21H31FN2O5/c1-5-28-19(26)16(12-9-13-22)23-18(25)17(14-15-10-7-6-8-11-15)24-20(27)29-21(2,3)4/h6-8,10-11,16-17H,5,9,12-14H2,1-4H3,(H,23,25)(H,24,27). The quantitative estimate of drug-likeness (QED) is 0.579. The molecule has 0 bridgehead atoms. The minimum Gasteiger partial charge on any atom is -0.464 e. The van der Waals surface area contributed by atoms with Crippen molar-refractivity contribution in [3.8, 4) is 0 Å². The molecule has 8 heteroatoms. The van der Waals surface area contributed by atoms with Gasteiger partial charge in [-0.25, -0.2) is 9.59 Å². The maximum absolute atomic E-state index is 12.8. The Bertz CT molecular complexity index is 661. The number of carbonyl (C=O) groups excluding carboxylic acids is 3. The molecule has 2 N–H and O–H groups in total. The second-order valence-electron chi connectivity index (χ2n) is 7.53. The predicted molar refractivity (Wildman–Crippen MR) is 107 cm³/mol. The Morgan fingerprint density at radius 3 is 2.28 bits per heavy atom. The van der Waals surface area contributed by atoms with E-state index in [1.165, 1.54) is 0 Å². The molecule has 7 nitrogen and oxygen atoms in total. The Morgan fingerprint density at radius 1 is 1.07 bits per heavy atom. The number of hydrogen-bond donors (Lipinski definition) is 2. The highest BCUT2D eigenvalue weighted by atomic mass is 19.1. The molecule has 0 radical (unpaired) electrons. The maximum atomic E-state index is 12.8. The molecule has 0 spiro atoms. The molecule has 0 heterocycles. The predicted octanol–water partition coefficient (Wildman–Crippen LogP) is 2.92. The van der Waals surface area contributed by atoms with Crippen LogP contribution in [0.15, 0.2) is 30.3 Å². The molecule has 0 aromatic heterocycles. The highest BCUT2D eigenvalue weighted by Gasteiger charge is 2.29. The van der Waals surface area contributed by atoms with Gasteiger partial charge in [0.2, 0.25) is 5.91 Å². The second kappa shape index (κ2) is 12.0. The van der Waals surface area contributed by atoms with Gasteiger partial charge in [-0.1, -0.05) is 30.3 Å². The molecular formula is C21H31FN2O5. The average molecular weight is 410 g/mol. The minimum absolute atomic E-state index is 0.103. The summed E-state index contributed by atoms with van der Waals surface area (Å²) in [4.78, 5) is 37.2. The van der Waals surface area contributed by atoms with Crippen LogP contribution in [0.4, 0.5) is 9.18 Å². The summed E-state index contributed by atoms with van der Waals surface area (Å²) in [6.07, 6.45) is -0.340. The largest absolute Gasteiger partial charge is 0.464 e. The third kappa shape index (κ3) is 9.91. The molecule has 2 unspecified atom stereocenters. The van der Waals surface area contributed by atoms with Crippen molar-refractivity contribution in [2.24, 2.45) is 0 Å². The molecule has 1 rings (SSSR count). The lowest BCUT2D eigenvalue weighted by atomic mass is 10.0.